The average molecular weight is 640 g/mol. The van der Waals surface area contributed by atoms with Crippen LogP contribution in [0.4, 0.5) is 4.79 Å². The molecule has 3 fully saturated rings. The van der Waals surface area contributed by atoms with Crippen molar-refractivity contribution in [1.29, 1.82) is 0 Å². The molecular weight excluding hydrogens is 590 g/mol. The zero-order chi connectivity index (χ0) is 33.2. The van der Waals surface area contributed by atoms with Crippen LogP contribution in [0.1, 0.15) is 84.1 Å². The number of pyridine rings is 1. The Balaban J connectivity index is 1.23. The molecule has 2 saturated carbocycles. The van der Waals surface area contributed by atoms with Crippen molar-refractivity contribution in [2.45, 2.75) is 90.6 Å². The molecule has 252 valence electrons. The smallest absolute Gasteiger partial charge is 0.407 e. The third-order valence-corrected chi connectivity index (χ3v) is 10.2. The standard InChI is InChI=1S/C35H49N3O8/c1-7-45-29-17-27(39)22-15-23(28(43-5)16-25(22)36-29)30-20(2)24(30)18-35(3,4)19-46-34(42)37-31(21-11-8-9-12-21)32(40)38-14-10-13-26(38)33(41)44-6/h15-17,20-21,24,26,30-31H,7-14,18-19H2,1-6H3,(H,36,39)(H,37,42)/t20-,24?,26?,30?,31+/m1/s1. The second-order valence-corrected chi connectivity index (χ2v) is 13.9. The lowest BCUT2D eigenvalue weighted by molar-refractivity contribution is -0.152. The van der Waals surface area contributed by atoms with Crippen LogP contribution < -0.4 is 20.2 Å². The van der Waals surface area contributed by atoms with Crippen LogP contribution in [0.25, 0.3) is 10.9 Å². The number of hydrogen-bond donors (Lipinski definition) is 2. The number of esters is 1. The zero-order valence-electron chi connectivity index (χ0n) is 28.0. The van der Waals surface area contributed by atoms with Crippen LogP contribution in [0, 0.1) is 23.2 Å². The molecule has 11 heteroatoms. The summed E-state index contributed by atoms with van der Waals surface area (Å²) in [5.41, 5.74) is 1.23. The van der Waals surface area contributed by atoms with Crippen LogP contribution in [-0.2, 0) is 19.1 Å². The quantitative estimate of drug-likeness (QED) is 0.305. The van der Waals surface area contributed by atoms with Crippen molar-refractivity contribution < 1.29 is 33.3 Å². The zero-order valence-corrected chi connectivity index (χ0v) is 28.0. The van der Waals surface area contributed by atoms with E-state index in [4.69, 9.17) is 18.9 Å². The highest BCUT2D eigenvalue weighted by Crippen LogP contribution is 2.60. The molecule has 46 heavy (non-hydrogen) atoms. The maximum Gasteiger partial charge on any atom is 0.407 e. The number of nitrogens with one attached hydrogen (secondary N) is 2. The maximum atomic E-state index is 13.7. The van der Waals surface area contributed by atoms with Crippen LogP contribution >= 0.6 is 0 Å². The highest BCUT2D eigenvalue weighted by molar-refractivity contribution is 5.90. The Morgan fingerprint density at radius 3 is 2.50 bits per heavy atom. The summed E-state index contributed by atoms with van der Waals surface area (Å²) in [6, 6.07) is 3.94. The molecule has 0 spiro atoms. The van der Waals surface area contributed by atoms with Gasteiger partial charge in [0.1, 0.15) is 17.8 Å². The number of rotatable bonds is 12. The van der Waals surface area contributed by atoms with E-state index in [1.165, 1.54) is 13.2 Å². The monoisotopic (exact) mass is 639 g/mol. The molecule has 5 atom stereocenters. The fourth-order valence-electron chi connectivity index (χ4n) is 7.70. The first kappa shape index (κ1) is 33.6. The summed E-state index contributed by atoms with van der Waals surface area (Å²) in [6.07, 6.45) is 5.16. The summed E-state index contributed by atoms with van der Waals surface area (Å²) >= 11 is 0. The lowest BCUT2D eigenvalue weighted by Crippen LogP contribution is -2.54. The van der Waals surface area contributed by atoms with Crippen LogP contribution in [0.3, 0.4) is 0 Å². The number of aromatic nitrogens is 1. The number of carbonyl (C=O) groups excluding carboxylic acids is 3. The van der Waals surface area contributed by atoms with Gasteiger partial charge in [-0.3, -0.25) is 9.59 Å². The molecule has 5 rings (SSSR count). The average Bonchev–Trinajstić information content (AvgIpc) is 3.46. The topological polar surface area (TPSA) is 136 Å². The summed E-state index contributed by atoms with van der Waals surface area (Å²) in [5.74, 6) is 1.38. The molecule has 3 aliphatic rings. The number of fused-ring (bicyclic) bond motifs is 1. The summed E-state index contributed by atoms with van der Waals surface area (Å²) in [5, 5.41) is 3.48. The Morgan fingerprint density at radius 1 is 1.09 bits per heavy atom. The number of amides is 2. The van der Waals surface area contributed by atoms with Gasteiger partial charge in [0.25, 0.3) is 0 Å². The van der Waals surface area contributed by atoms with Crippen molar-refractivity contribution >= 4 is 28.9 Å². The van der Waals surface area contributed by atoms with Crippen molar-refractivity contribution in [2.24, 2.45) is 23.2 Å². The Labute approximate surface area is 270 Å². The van der Waals surface area contributed by atoms with Gasteiger partial charge in [0.15, 0.2) is 11.3 Å². The first-order chi connectivity index (χ1) is 22.0. The summed E-state index contributed by atoms with van der Waals surface area (Å²) < 4.78 is 22.0. The Morgan fingerprint density at radius 2 is 1.83 bits per heavy atom. The van der Waals surface area contributed by atoms with Crippen molar-refractivity contribution in [1.82, 2.24) is 15.2 Å². The minimum atomic E-state index is -0.732. The molecule has 1 aromatic carbocycles. The number of H-pyrrole nitrogens is 1. The van der Waals surface area contributed by atoms with Gasteiger partial charge in [-0.1, -0.05) is 33.6 Å². The van der Waals surface area contributed by atoms with Crippen molar-refractivity contribution in [3.8, 4) is 11.6 Å². The summed E-state index contributed by atoms with van der Waals surface area (Å²) in [4.78, 5) is 56.8. The second-order valence-electron chi connectivity index (χ2n) is 13.9. The fourth-order valence-corrected chi connectivity index (χ4v) is 7.70. The highest BCUT2D eigenvalue weighted by atomic mass is 16.5. The number of methoxy groups -OCH3 is 2. The first-order valence-corrected chi connectivity index (χ1v) is 16.7. The first-order valence-electron chi connectivity index (χ1n) is 16.7. The number of aromatic amines is 1. The molecule has 2 heterocycles. The third kappa shape index (κ3) is 7.13. The summed E-state index contributed by atoms with van der Waals surface area (Å²) in [6.45, 7) is 9.32. The number of hydrogen-bond acceptors (Lipinski definition) is 8. The van der Waals surface area contributed by atoms with E-state index in [9.17, 15) is 19.2 Å². The Bertz CT molecular complexity index is 1500. The number of benzene rings is 1. The largest absolute Gasteiger partial charge is 0.496 e. The van der Waals surface area contributed by atoms with Crippen LogP contribution in [0.2, 0.25) is 0 Å². The maximum absolute atomic E-state index is 13.7. The van der Waals surface area contributed by atoms with E-state index >= 15 is 0 Å². The van der Waals surface area contributed by atoms with Crippen LogP contribution in [0.15, 0.2) is 23.0 Å². The molecular formula is C35H49N3O8. The van der Waals surface area contributed by atoms with E-state index in [1.807, 2.05) is 19.1 Å². The Hall–Kier alpha value is -3.76. The van der Waals surface area contributed by atoms with Crippen molar-refractivity contribution in [3.05, 3.63) is 34.0 Å². The predicted octanol–water partition coefficient (Wildman–Crippen LogP) is 5.15. The molecule has 2 aliphatic carbocycles. The van der Waals surface area contributed by atoms with Gasteiger partial charge in [0.05, 0.1) is 33.0 Å². The predicted molar refractivity (Wildman–Crippen MR) is 173 cm³/mol. The SMILES string of the molecule is CCOc1cc(=O)c2cc(C3C(CC(C)(C)COC(=O)N[C@H](C(=O)N4CCCC4C(=O)OC)C4CCCC4)[C@H]3C)c(OC)cc2[nH]1. The van der Waals surface area contributed by atoms with Crippen molar-refractivity contribution in [2.75, 3.05) is 34.0 Å². The van der Waals surface area contributed by atoms with Gasteiger partial charge < -0.3 is 34.1 Å². The van der Waals surface area contributed by atoms with E-state index in [0.717, 1.165) is 49.8 Å². The molecule has 1 aliphatic heterocycles. The van der Waals surface area contributed by atoms with E-state index in [2.05, 4.69) is 31.1 Å². The molecule has 2 amide bonds. The number of alkyl carbamates (subject to hydrolysis) is 1. The van der Waals surface area contributed by atoms with Gasteiger partial charge in [-0.15, -0.1) is 0 Å². The fraction of sp³-hybridized carbons (Fsp3) is 0.657. The van der Waals surface area contributed by atoms with Gasteiger partial charge in [0, 0.05) is 24.1 Å². The molecule has 1 aromatic heterocycles. The lowest BCUT2D eigenvalue weighted by atomic mass is 9.86. The lowest BCUT2D eigenvalue weighted by Gasteiger charge is -2.31. The van der Waals surface area contributed by atoms with Gasteiger partial charge in [-0.25, -0.2) is 9.59 Å². The van der Waals surface area contributed by atoms with E-state index in [0.29, 0.717) is 48.2 Å². The van der Waals surface area contributed by atoms with Crippen molar-refractivity contribution in [3.63, 3.8) is 0 Å². The molecule has 0 bridgehead atoms. The van der Waals surface area contributed by atoms with Crippen LogP contribution in [0.5, 0.6) is 11.6 Å². The molecule has 11 nitrogen and oxygen atoms in total. The van der Waals surface area contributed by atoms with Crippen LogP contribution in [-0.4, -0.2) is 73.9 Å². The van der Waals surface area contributed by atoms with Gasteiger partial charge in [-0.05, 0) is 79.7 Å². The van der Waals surface area contributed by atoms with E-state index < -0.39 is 24.1 Å². The normalized spacial score (nSPS) is 23.7. The third-order valence-electron chi connectivity index (χ3n) is 10.2. The van der Waals surface area contributed by atoms with E-state index in [1.54, 1.807) is 12.0 Å². The number of carbonyl (C=O) groups is 3. The summed E-state index contributed by atoms with van der Waals surface area (Å²) in [7, 11) is 2.97. The molecule has 0 radical (unpaired) electrons. The van der Waals surface area contributed by atoms with Gasteiger partial charge in [-0.2, -0.15) is 0 Å². The van der Waals surface area contributed by atoms with Gasteiger partial charge >= 0.3 is 12.1 Å². The van der Waals surface area contributed by atoms with E-state index in [-0.39, 0.29) is 35.2 Å². The Kier molecular flexibility index (Phi) is 10.2. The minimum absolute atomic E-state index is 0.00922. The number of likely N-dealkylation sites (tertiary alicyclic amines) is 1. The highest BCUT2D eigenvalue weighted by Gasteiger charge is 2.51. The molecule has 1 saturated heterocycles. The molecule has 2 aromatic rings. The molecule has 3 unspecified atom stereocenters. The number of nitrogens with zero attached hydrogens (tertiary/aromatic N) is 1. The minimum Gasteiger partial charge on any atom is -0.496 e. The second kappa shape index (κ2) is 13.9. The molecule has 2 N–H and O–H groups in total. The van der Waals surface area contributed by atoms with Gasteiger partial charge in [0.2, 0.25) is 5.91 Å². The number of ether oxygens (including phenoxy) is 4.